The fourth-order valence-electron chi connectivity index (χ4n) is 0.982. The van der Waals surface area contributed by atoms with Gasteiger partial charge in [0.25, 0.3) is 0 Å². The topological polar surface area (TPSA) is 35.5 Å². The van der Waals surface area contributed by atoms with Gasteiger partial charge in [0.15, 0.2) is 0 Å². The average molecular weight is 188 g/mol. The van der Waals surface area contributed by atoms with Crippen LogP contribution in [0.2, 0.25) is 0 Å². The third-order valence-corrected chi connectivity index (χ3v) is 1.70. The van der Waals surface area contributed by atoms with Crippen LogP contribution in [0.25, 0.3) is 0 Å². The Morgan fingerprint density at radius 1 is 1.00 bits per heavy atom. The first-order chi connectivity index (χ1) is 6.41. The highest BCUT2D eigenvalue weighted by atomic mass is 16.5. The number of hydrogen-bond donors (Lipinski definition) is 0. The van der Waals surface area contributed by atoms with Crippen molar-refractivity contribution in [3.63, 3.8) is 0 Å². The first-order valence-corrected chi connectivity index (χ1v) is 5.01. The van der Waals surface area contributed by atoms with Crippen LogP contribution in [-0.4, -0.2) is 32.7 Å². The number of rotatable bonds is 10. The molecule has 0 aromatic rings. The zero-order valence-electron chi connectivity index (χ0n) is 8.46. The molecule has 13 heavy (non-hydrogen) atoms. The summed E-state index contributed by atoms with van der Waals surface area (Å²) in [7, 11) is 0. The van der Waals surface area contributed by atoms with Crippen LogP contribution in [0.5, 0.6) is 0 Å². The van der Waals surface area contributed by atoms with Gasteiger partial charge in [-0.3, -0.25) is 0 Å². The summed E-state index contributed by atoms with van der Waals surface area (Å²) in [5.74, 6) is 0. The molecule has 0 aliphatic rings. The summed E-state index contributed by atoms with van der Waals surface area (Å²) in [5.41, 5.74) is 0. The Bertz CT molecular complexity index is 104. The van der Waals surface area contributed by atoms with Crippen LogP contribution in [0.15, 0.2) is 0 Å². The van der Waals surface area contributed by atoms with E-state index in [0.717, 1.165) is 19.3 Å². The minimum absolute atomic E-state index is 0.180. The Morgan fingerprint density at radius 2 is 1.77 bits per heavy atom. The van der Waals surface area contributed by atoms with Crippen LogP contribution >= 0.6 is 0 Å². The quantitative estimate of drug-likeness (QED) is 0.387. The van der Waals surface area contributed by atoms with E-state index in [0.29, 0.717) is 13.2 Å². The van der Waals surface area contributed by atoms with Crippen LogP contribution in [0.4, 0.5) is 0 Å². The summed E-state index contributed by atoms with van der Waals surface area (Å²) in [6.07, 6.45) is 5.65. The summed E-state index contributed by atoms with van der Waals surface area (Å²) in [4.78, 5) is 9.85. The van der Waals surface area contributed by atoms with E-state index in [9.17, 15) is 4.79 Å². The van der Waals surface area contributed by atoms with E-state index >= 15 is 0 Å². The molecule has 0 saturated heterocycles. The molecule has 0 aromatic carbocycles. The lowest BCUT2D eigenvalue weighted by molar-refractivity contribution is -0.112. The standard InChI is InChI=1S/C10H20O3/c1-2-3-4-5-7-12-9-10-13-8-6-11/h6H,2-5,7-10H2,1H3. The van der Waals surface area contributed by atoms with Gasteiger partial charge in [-0.2, -0.15) is 0 Å². The van der Waals surface area contributed by atoms with Gasteiger partial charge in [-0.25, -0.2) is 0 Å². The van der Waals surface area contributed by atoms with Gasteiger partial charge < -0.3 is 14.3 Å². The molecule has 0 atom stereocenters. The largest absolute Gasteiger partial charge is 0.379 e. The van der Waals surface area contributed by atoms with Crippen LogP contribution in [0.1, 0.15) is 32.6 Å². The zero-order chi connectivity index (χ0) is 9.78. The number of ether oxygens (including phenoxy) is 2. The Labute approximate surface area is 80.4 Å². The first kappa shape index (κ1) is 12.6. The lowest BCUT2D eigenvalue weighted by Crippen LogP contribution is -2.06. The molecule has 0 unspecified atom stereocenters. The van der Waals surface area contributed by atoms with E-state index in [2.05, 4.69) is 6.92 Å². The average Bonchev–Trinajstić information content (AvgIpc) is 2.16. The minimum atomic E-state index is 0.180. The van der Waals surface area contributed by atoms with Crippen molar-refractivity contribution in [1.82, 2.24) is 0 Å². The third-order valence-electron chi connectivity index (χ3n) is 1.70. The highest BCUT2D eigenvalue weighted by Gasteiger charge is 1.89. The maximum absolute atomic E-state index is 9.85. The van der Waals surface area contributed by atoms with Crippen molar-refractivity contribution in [2.45, 2.75) is 32.6 Å². The maximum Gasteiger partial charge on any atom is 0.145 e. The van der Waals surface area contributed by atoms with Gasteiger partial charge in [0, 0.05) is 6.61 Å². The SMILES string of the molecule is CCCCCCOCCOCC=O. The van der Waals surface area contributed by atoms with Gasteiger partial charge in [-0.05, 0) is 6.42 Å². The lowest BCUT2D eigenvalue weighted by atomic mass is 10.2. The molecule has 3 heteroatoms. The van der Waals surface area contributed by atoms with Crippen LogP contribution in [-0.2, 0) is 14.3 Å². The van der Waals surface area contributed by atoms with E-state index in [-0.39, 0.29) is 6.61 Å². The molecule has 0 spiro atoms. The Hall–Kier alpha value is -0.410. The van der Waals surface area contributed by atoms with Crippen molar-refractivity contribution in [3.05, 3.63) is 0 Å². The second-order valence-electron chi connectivity index (χ2n) is 2.91. The fourth-order valence-corrected chi connectivity index (χ4v) is 0.982. The smallest absolute Gasteiger partial charge is 0.145 e. The molecule has 0 aliphatic heterocycles. The lowest BCUT2D eigenvalue weighted by Gasteiger charge is -2.03. The summed E-state index contributed by atoms with van der Waals surface area (Å²) < 4.78 is 10.2. The number of carbonyl (C=O) groups is 1. The fraction of sp³-hybridized carbons (Fsp3) is 0.900. The molecule has 0 amide bonds. The second-order valence-corrected chi connectivity index (χ2v) is 2.91. The molecule has 0 saturated carbocycles. The molecule has 0 N–H and O–H groups in total. The molecule has 0 heterocycles. The van der Waals surface area contributed by atoms with Crippen molar-refractivity contribution < 1.29 is 14.3 Å². The molecule has 0 radical (unpaired) electrons. The molecule has 3 nitrogen and oxygen atoms in total. The van der Waals surface area contributed by atoms with Crippen molar-refractivity contribution in [2.24, 2.45) is 0 Å². The predicted octanol–water partition coefficient (Wildman–Crippen LogP) is 1.80. The Kier molecular flexibility index (Phi) is 11.2. The number of aldehydes is 1. The summed E-state index contributed by atoms with van der Waals surface area (Å²) in [6, 6.07) is 0. The van der Waals surface area contributed by atoms with E-state index in [4.69, 9.17) is 9.47 Å². The summed E-state index contributed by atoms with van der Waals surface area (Å²) >= 11 is 0. The van der Waals surface area contributed by atoms with Crippen LogP contribution < -0.4 is 0 Å². The number of hydrogen-bond acceptors (Lipinski definition) is 3. The summed E-state index contributed by atoms with van der Waals surface area (Å²) in [5, 5.41) is 0. The van der Waals surface area contributed by atoms with E-state index in [1.54, 1.807) is 0 Å². The predicted molar refractivity (Wildman–Crippen MR) is 51.8 cm³/mol. The maximum atomic E-state index is 9.85. The van der Waals surface area contributed by atoms with Gasteiger partial charge >= 0.3 is 0 Å². The van der Waals surface area contributed by atoms with Gasteiger partial charge in [0.2, 0.25) is 0 Å². The van der Waals surface area contributed by atoms with Gasteiger partial charge in [-0.15, -0.1) is 0 Å². The molecule has 78 valence electrons. The second kappa shape index (κ2) is 11.6. The van der Waals surface area contributed by atoms with Gasteiger partial charge in [0.05, 0.1) is 13.2 Å². The normalized spacial score (nSPS) is 10.2. The molecule has 0 aromatic heterocycles. The van der Waals surface area contributed by atoms with E-state index in [1.807, 2.05) is 0 Å². The van der Waals surface area contributed by atoms with Crippen molar-refractivity contribution in [2.75, 3.05) is 26.4 Å². The van der Waals surface area contributed by atoms with Gasteiger partial charge in [0.1, 0.15) is 12.9 Å². The highest BCUT2D eigenvalue weighted by molar-refractivity contribution is 5.50. The monoisotopic (exact) mass is 188 g/mol. The van der Waals surface area contributed by atoms with Crippen LogP contribution in [0.3, 0.4) is 0 Å². The molecular formula is C10H20O3. The Morgan fingerprint density at radius 3 is 2.46 bits per heavy atom. The first-order valence-electron chi connectivity index (χ1n) is 5.01. The molecule has 0 bridgehead atoms. The van der Waals surface area contributed by atoms with Crippen molar-refractivity contribution in [3.8, 4) is 0 Å². The summed E-state index contributed by atoms with van der Waals surface area (Å²) in [6.45, 7) is 4.30. The number of carbonyl (C=O) groups excluding carboxylic acids is 1. The molecule has 0 aliphatic carbocycles. The minimum Gasteiger partial charge on any atom is -0.379 e. The van der Waals surface area contributed by atoms with E-state index < -0.39 is 0 Å². The zero-order valence-corrected chi connectivity index (χ0v) is 8.46. The van der Waals surface area contributed by atoms with Crippen molar-refractivity contribution in [1.29, 1.82) is 0 Å². The van der Waals surface area contributed by atoms with Gasteiger partial charge in [-0.1, -0.05) is 26.2 Å². The van der Waals surface area contributed by atoms with Crippen LogP contribution in [0, 0.1) is 0 Å². The molecule has 0 fully saturated rings. The Balaban J connectivity index is 2.79. The number of unbranched alkanes of at least 4 members (excludes halogenated alkanes) is 3. The highest BCUT2D eigenvalue weighted by Crippen LogP contribution is 1.98. The molecule has 0 rings (SSSR count). The van der Waals surface area contributed by atoms with Crippen molar-refractivity contribution >= 4 is 6.29 Å². The van der Waals surface area contributed by atoms with E-state index in [1.165, 1.54) is 19.3 Å². The molecular weight excluding hydrogens is 168 g/mol. The third kappa shape index (κ3) is 11.6.